The van der Waals surface area contributed by atoms with Crippen LogP contribution >= 0.6 is 0 Å². The molecular formula is C9H17NO5. The van der Waals surface area contributed by atoms with Gasteiger partial charge in [-0.25, -0.2) is 0 Å². The van der Waals surface area contributed by atoms with E-state index in [1.54, 1.807) is 6.92 Å². The molecule has 3 unspecified atom stereocenters. The van der Waals surface area contributed by atoms with Gasteiger partial charge in [0.15, 0.2) is 0 Å². The van der Waals surface area contributed by atoms with Gasteiger partial charge in [0.1, 0.15) is 18.3 Å². The Morgan fingerprint density at radius 1 is 1.40 bits per heavy atom. The molecule has 1 amide bonds. The summed E-state index contributed by atoms with van der Waals surface area (Å²) >= 11 is 0. The van der Waals surface area contributed by atoms with Crippen LogP contribution in [0.15, 0.2) is 0 Å². The fourth-order valence-electron chi connectivity index (χ4n) is 1.74. The van der Waals surface area contributed by atoms with Crippen LogP contribution in [0, 0.1) is 0 Å². The molecule has 0 aliphatic carbocycles. The van der Waals surface area contributed by atoms with E-state index in [0.717, 1.165) is 0 Å². The van der Waals surface area contributed by atoms with Gasteiger partial charge in [0.2, 0.25) is 5.91 Å². The predicted molar refractivity (Wildman–Crippen MR) is 51.0 cm³/mol. The molecule has 5 atom stereocenters. The average molecular weight is 219 g/mol. The molecule has 1 heterocycles. The quantitative estimate of drug-likeness (QED) is 0.430. The van der Waals surface area contributed by atoms with Gasteiger partial charge in [-0.2, -0.15) is 0 Å². The van der Waals surface area contributed by atoms with Crippen molar-refractivity contribution in [1.82, 2.24) is 5.32 Å². The zero-order valence-electron chi connectivity index (χ0n) is 8.75. The second-order valence-electron chi connectivity index (χ2n) is 3.77. The van der Waals surface area contributed by atoms with Crippen LogP contribution in [0.3, 0.4) is 0 Å². The van der Waals surface area contributed by atoms with Gasteiger partial charge >= 0.3 is 0 Å². The van der Waals surface area contributed by atoms with E-state index in [2.05, 4.69) is 5.32 Å². The van der Waals surface area contributed by atoms with E-state index in [1.807, 2.05) is 0 Å². The Morgan fingerprint density at radius 3 is 2.47 bits per heavy atom. The Hall–Kier alpha value is -0.690. The fraction of sp³-hybridized carbons (Fsp3) is 0.889. The molecule has 6 nitrogen and oxygen atoms in total. The Balaban J connectivity index is 2.70. The molecule has 0 radical (unpaired) electrons. The van der Waals surface area contributed by atoms with Crippen molar-refractivity contribution in [2.75, 3.05) is 6.61 Å². The molecule has 0 bridgehead atoms. The summed E-state index contributed by atoms with van der Waals surface area (Å²) in [7, 11) is 0. The van der Waals surface area contributed by atoms with Gasteiger partial charge in [0, 0.05) is 6.92 Å². The molecule has 15 heavy (non-hydrogen) atoms. The molecule has 1 aliphatic heterocycles. The second kappa shape index (κ2) is 4.89. The predicted octanol–water partition coefficient (Wildman–Crippen LogP) is -2.01. The molecule has 0 spiro atoms. The molecule has 0 aromatic carbocycles. The summed E-state index contributed by atoms with van der Waals surface area (Å²) in [5.74, 6) is -0.302. The first-order valence-electron chi connectivity index (χ1n) is 4.87. The molecule has 0 saturated carbocycles. The van der Waals surface area contributed by atoms with Crippen LogP contribution in [-0.4, -0.2) is 58.3 Å². The molecule has 1 rings (SSSR count). The fourth-order valence-corrected chi connectivity index (χ4v) is 1.74. The number of rotatable bonds is 2. The van der Waals surface area contributed by atoms with Gasteiger partial charge < -0.3 is 25.4 Å². The highest BCUT2D eigenvalue weighted by atomic mass is 16.5. The van der Waals surface area contributed by atoms with Crippen molar-refractivity contribution in [2.24, 2.45) is 0 Å². The van der Waals surface area contributed by atoms with E-state index in [0.29, 0.717) is 0 Å². The zero-order valence-corrected chi connectivity index (χ0v) is 8.75. The van der Waals surface area contributed by atoms with Crippen molar-refractivity contribution in [2.45, 2.75) is 44.3 Å². The minimum atomic E-state index is -1.19. The third kappa shape index (κ3) is 2.66. The second-order valence-corrected chi connectivity index (χ2v) is 3.77. The van der Waals surface area contributed by atoms with Crippen molar-refractivity contribution in [3.8, 4) is 0 Å². The third-order valence-corrected chi connectivity index (χ3v) is 2.54. The summed E-state index contributed by atoms with van der Waals surface area (Å²) in [5, 5.41) is 30.6. The first-order valence-corrected chi connectivity index (χ1v) is 4.87. The maximum atomic E-state index is 10.9. The SMILES string of the molecule is CC(=O)NC1C(C)OC(CO)[C@H](O)[C@H]1O. The Morgan fingerprint density at radius 2 is 2.00 bits per heavy atom. The number of aliphatic hydroxyl groups is 3. The van der Waals surface area contributed by atoms with E-state index >= 15 is 0 Å². The van der Waals surface area contributed by atoms with Crippen molar-refractivity contribution in [3.05, 3.63) is 0 Å². The van der Waals surface area contributed by atoms with Crippen LogP contribution in [0.5, 0.6) is 0 Å². The van der Waals surface area contributed by atoms with Crippen molar-refractivity contribution >= 4 is 5.91 Å². The molecule has 88 valence electrons. The monoisotopic (exact) mass is 219 g/mol. The first kappa shape index (κ1) is 12.4. The molecule has 0 aromatic heterocycles. The van der Waals surface area contributed by atoms with Crippen molar-refractivity contribution < 1.29 is 24.9 Å². The summed E-state index contributed by atoms with van der Waals surface area (Å²) in [5.41, 5.74) is 0. The summed E-state index contributed by atoms with van der Waals surface area (Å²) in [6.45, 7) is 2.62. The van der Waals surface area contributed by atoms with E-state index in [4.69, 9.17) is 9.84 Å². The number of hydrogen-bond donors (Lipinski definition) is 4. The lowest BCUT2D eigenvalue weighted by molar-refractivity contribution is -0.190. The highest BCUT2D eigenvalue weighted by molar-refractivity contribution is 5.73. The minimum absolute atomic E-state index is 0.302. The van der Waals surface area contributed by atoms with Crippen molar-refractivity contribution in [1.29, 1.82) is 0 Å². The molecule has 4 N–H and O–H groups in total. The normalized spacial score (nSPS) is 41.3. The van der Waals surface area contributed by atoms with Crippen LogP contribution in [-0.2, 0) is 9.53 Å². The van der Waals surface area contributed by atoms with E-state index in [1.165, 1.54) is 6.92 Å². The number of nitrogens with one attached hydrogen (secondary N) is 1. The standard InChI is InChI=1S/C9H17NO5/c1-4-7(10-5(2)12)9(14)8(13)6(3-11)15-4/h4,6-9,11,13-14H,3H2,1-2H3,(H,10,12)/t4?,6?,7?,8-,9-/m0/s1. The lowest BCUT2D eigenvalue weighted by Gasteiger charge is -2.41. The smallest absolute Gasteiger partial charge is 0.217 e. The van der Waals surface area contributed by atoms with Gasteiger partial charge in [0.25, 0.3) is 0 Å². The lowest BCUT2D eigenvalue weighted by Crippen LogP contribution is -2.63. The molecule has 1 fully saturated rings. The van der Waals surface area contributed by atoms with E-state index < -0.39 is 30.5 Å². The number of carbonyl (C=O) groups is 1. The zero-order chi connectivity index (χ0) is 11.6. The lowest BCUT2D eigenvalue weighted by atomic mass is 9.93. The molecular weight excluding hydrogens is 202 g/mol. The number of amides is 1. The van der Waals surface area contributed by atoms with Crippen LogP contribution in [0.4, 0.5) is 0 Å². The summed E-state index contributed by atoms with van der Waals surface area (Å²) < 4.78 is 5.26. The van der Waals surface area contributed by atoms with Crippen LogP contribution in [0.25, 0.3) is 0 Å². The highest BCUT2D eigenvalue weighted by Crippen LogP contribution is 2.20. The van der Waals surface area contributed by atoms with E-state index in [9.17, 15) is 15.0 Å². The topological polar surface area (TPSA) is 99.0 Å². The molecule has 1 saturated heterocycles. The van der Waals surface area contributed by atoms with Crippen molar-refractivity contribution in [3.63, 3.8) is 0 Å². The Labute approximate surface area is 87.9 Å². The number of aliphatic hydroxyl groups excluding tert-OH is 3. The molecule has 1 aliphatic rings. The van der Waals surface area contributed by atoms with Gasteiger partial charge in [-0.15, -0.1) is 0 Å². The summed E-state index contributed by atoms with van der Waals surface area (Å²) in [6.07, 6.45) is -3.58. The summed E-state index contributed by atoms with van der Waals surface area (Å²) in [6, 6.07) is -0.653. The van der Waals surface area contributed by atoms with Gasteiger partial charge in [-0.3, -0.25) is 4.79 Å². The largest absolute Gasteiger partial charge is 0.394 e. The van der Waals surface area contributed by atoms with Crippen LogP contribution in [0.1, 0.15) is 13.8 Å². The van der Waals surface area contributed by atoms with Crippen LogP contribution in [0.2, 0.25) is 0 Å². The Kier molecular flexibility index (Phi) is 4.04. The summed E-state index contributed by atoms with van der Waals surface area (Å²) in [4.78, 5) is 10.9. The van der Waals surface area contributed by atoms with Crippen LogP contribution < -0.4 is 5.32 Å². The van der Waals surface area contributed by atoms with Gasteiger partial charge in [-0.05, 0) is 6.92 Å². The average Bonchev–Trinajstić information content (AvgIpc) is 2.18. The highest BCUT2D eigenvalue weighted by Gasteiger charge is 2.42. The Bertz CT molecular complexity index is 235. The van der Waals surface area contributed by atoms with Gasteiger partial charge in [-0.1, -0.05) is 0 Å². The third-order valence-electron chi connectivity index (χ3n) is 2.54. The van der Waals surface area contributed by atoms with Gasteiger partial charge in [0.05, 0.1) is 18.8 Å². The number of hydrogen-bond acceptors (Lipinski definition) is 5. The maximum absolute atomic E-state index is 10.9. The first-order chi connectivity index (χ1) is 6.97. The number of carbonyl (C=O) groups excluding carboxylic acids is 1. The van der Waals surface area contributed by atoms with E-state index in [-0.39, 0.29) is 12.5 Å². The molecule has 0 aromatic rings. The maximum Gasteiger partial charge on any atom is 0.217 e. The minimum Gasteiger partial charge on any atom is -0.394 e. The number of ether oxygens (including phenoxy) is 1. The molecule has 6 heteroatoms.